The van der Waals surface area contributed by atoms with Crippen LogP contribution in [0, 0.1) is 6.92 Å². The quantitative estimate of drug-likeness (QED) is 0.635. The second kappa shape index (κ2) is 5.05. The van der Waals surface area contributed by atoms with Gasteiger partial charge in [0, 0.05) is 5.30 Å². The van der Waals surface area contributed by atoms with Crippen molar-refractivity contribution in [3.63, 3.8) is 0 Å². The highest BCUT2D eigenvalue weighted by atomic mass is 31.1. The molecule has 0 heterocycles. The molecule has 0 bridgehead atoms. The van der Waals surface area contributed by atoms with Crippen LogP contribution in [0.4, 0.5) is 0 Å². The van der Waals surface area contributed by atoms with Gasteiger partial charge in [0.1, 0.15) is 14.7 Å². The summed E-state index contributed by atoms with van der Waals surface area (Å²) in [6.07, 6.45) is 0. The van der Waals surface area contributed by atoms with Crippen LogP contribution in [0.3, 0.4) is 0 Å². The molecule has 1 unspecified atom stereocenters. The van der Waals surface area contributed by atoms with Gasteiger partial charge in [0.15, 0.2) is 0 Å². The maximum absolute atomic E-state index is 11.8. The lowest BCUT2D eigenvalue weighted by atomic mass is 10.2. The lowest BCUT2D eigenvalue weighted by Gasteiger charge is -2.23. The molecule has 0 spiro atoms. The van der Waals surface area contributed by atoms with Crippen molar-refractivity contribution in [3.8, 4) is 0 Å². The largest absolute Gasteiger partial charge is 0.362 e. The molecule has 3 nitrogen and oxygen atoms in total. The number of likely N-dealkylation sites (N-methyl/N-ethyl adjacent to an activating group) is 1. The number of hydrogen-bond acceptors (Lipinski definition) is 2. The van der Waals surface area contributed by atoms with Gasteiger partial charge in [-0.05, 0) is 6.92 Å². The minimum Gasteiger partial charge on any atom is -0.362 e. The van der Waals surface area contributed by atoms with Crippen molar-refractivity contribution >= 4 is 19.0 Å². The van der Waals surface area contributed by atoms with Crippen molar-refractivity contribution in [2.24, 2.45) is 0 Å². The number of quaternary nitrogens is 1. The number of carbonyl (C=O) groups excluding carboxylic acids is 1. The normalized spacial score (nSPS) is 13.6. The van der Waals surface area contributed by atoms with Crippen LogP contribution < -0.4 is 5.30 Å². The van der Waals surface area contributed by atoms with Gasteiger partial charge < -0.3 is 9.38 Å². The van der Waals surface area contributed by atoms with Crippen molar-refractivity contribution in [1.82, 2.24) is 0 Å². The Hall–Kier alpha value is -0.760. The van der Waals surface area contributed by atoms with Crippen LogP contribution in [0.5, 0.6) is 0 Å². The monoisotopic (exact) mass is 240 g/mol. The average Bonchev–Trinajstić information content (AvgIpc) is 2.15. The smallest absolute Gasteiger partial charge is 0.239 e. The molecule has 1 atom stereocenters. The predicted molar refractivity (Wildman–Crippen MR) is 67.9 cm³/mol. The maximum atomic E-state index is 11.8. The van der Waals surface area contributed by atoms with Crippen LogP contribution >= 0.6 is 8.15 Å². The van der Waals surface area contributed by atoms with E-state index in [9.17, 15) is 9.69 Å². The van der Waals surface area contributed by atoms with Gasteiger partial charge in [-0.3, -0.25) is 4.79 Å². The Balaban J connectivity index is 2.74. The van der Waals surface area contributed by atoms with E-state index in [4.69, 9.17) is 0 Å². The summed E-state index contributed by atoms with van der Waals surface area (Å²) in [7, 11) is 4.15. The molecule has 88 valence electrons. The Morgan fingerprint density at radius 1 is 1.25 bits per heavy atom. The Bertz CT molecular complexity index is 368. The van der Waals surface area contributed by atoms with E-state index in [0.29, 0.717) is 11.0 Å². The summed E-state index contributed by atoms with van der Waals surface area (Å²) in [6.45, 7) is 2.34. The molecular weight excluding hydrogens is 221 g/mol. The molecule has 0 aliphatic carbocycles. The highest BCUT2D eigenvalue weighted by Crippen LogP contribution is 2.30. The molecule has 1 rings (SSSR count). The number of aryl methyl sites for hydroxylation is 1. The molecule has 16 heavy (non-hydrogen) atoms. The number of rotatable bonds is 4. The molecule has 1 aromatic rings. The van der Waals surface area contributed by atoms with Crippen LogP contribution in [0.2, 0.25) is 0 Å². The zero-order chi connectivity index (χ0) is 12.3. The van der Waals surface area contributed by atoms with Crippen LogP contribution in [0.1, 0.15) is 5.56 Å². The zero-order valence-electron chi connectivity index (χ0n) is 10.3. The van der Waals surface area contributed by atoms with Crippen molar-refractivity contribution in [2.75, 3.05) is 27.7 Å². The summed E-state index contributed by atoms with van der Waals surface area (Å²) in [6, 6.07) is 7.49. The Morgan fingerprint density at radius 3 is 2.19 bits per heavy atom. The van der Waals surface area contributed by atoms with E-state index in [2.05, 4.69) is 0 Å². The minimum atomic E-state index is -1.67. The second-order valence-electron chi connectivity index (χ2n) is 4.99. The van der Waals surface area contributed by atoms with Crippen molar-refractivity contribution in [1.29, 1.82) is 0 Å². The predicted octanol–water partition coefficient (Wildman–Crippen LogP) is 1.24. The number of carbonyl (C=O) groups is 1. The Morgan fingerprint density at radius 2 is 1.75 bits per heavy atom. The average molecular weight is 240 g/mol. The number of benzene rings is 1. The second-order valence-corrected chi connectivity index (χ2v) is 6.63. The van der Waals surface area contributed by atoms with Crippen LogP contribution in [0.15, 0.2) is 24.3 Å². The van der Waals surface area contributed by atoms with Crippen molar-refractivity contribution in [3.05, 3.63) is 29.8 Å². The summed E-state index contributed by atoms with van der Waals surface area (Å²) in [5.41, 5.74) is 1.05. The first-order valence-corrected chi connectivity index (χ1v) is 6.48. The third kappa shape index (κ3) is 4.01. The topological polar surface area (TPSA) is 37.3 Å². The summed E-state index contributed by atoms with van der Waals surface area (Å²) < 4.78 is 0.546. The van der Waals surface area contributed by atoms with Gasteiger partial charge in [0.2, 0.25) is 5.52 Å². The molecule has 1 aromatic carbocycles. The molecule has 0 aromatic heterocycles. The number of hydrogen-bond donors (Lipinski definition) is 1. The molecule has 0 aliphatic heterocycles. The van der Waals surface area contributed by atoms with Gasteiger partial charge in [0.05, 0.1) is 21.1 Å². The summed E-state index contributed by atoms with van der Waals surface area (Å²) >= 11 is 0. The fraction of sp³-hybridized carbons (Fsp3) is 0.417. The van der Waals surface area contributed by atoms with Gasteiger partial charge in [-0.15, -0.1) is 0 Å². The van der Waals surface area contributed by atoms with E-state index in [1.54, 1.807) is 0 Å². The summed E-state index contributed by atoms with van der Waals surface area (Å²) in [4.78, 5) is 21.8. The molecule has 4 heteroatoms. The lowest BCUT2D eigenvalue weighted by molar-refractivity contribution is -0.861. The van der Waals surface area contributed by atoms with E-state index in [-0.39, 0.29) is 5.52 Å². The fourth-order valence-electron chi connectivity index (χ4n) is 1.30. The Labute approximate surface area is 98.1 Å². The van der Waals surface area contributed by atoms with E-state index in [1.165, 1.54) is 0 Å². The third-order valence-electron chi connectivity index (χ3n) is 2.12. The standard InChI is InChI=1S/C12H19NO2P/c1-10-5-7-11(8-6-10)16(15)12(14)9-13(2,3)4/h5-8,15H,9H2,1-4H3/q+1. The first-order valence-electron chi connectivity index (χ1n) is 5.18. The number of nitrogens with zero attached hydrogens (tertiary/aromatic N) is 1. The van der Waals surface area contributed by atoms with E-state index >= 15 is 0 Å². The first-order chi connectivity index (χ1) is 7.29. The summed E-state index contributed by atoms with van der Waals surface area (Å²) in [5, 5.41) is 0.735. The highest BCUT2D eigenvalue weighted by Gasteiger charge is 2.23. The fourth-order valence-corrected chi connectivity index (χ4v) is 2.58. The molecule has 0 amide bonds. The van der Waals surface area contributed by atoms with Gasteiger partial charge in [-0.2, -0.15) is 0 Å². The van der Waals surface area contributed by atoms with Crippen molar-refractivity contribution in [2.45, 2.75) is 6.92 Å². The minimum absolute atomic E-state index is 0.0775. The maximum Gasteiger partial charge on any atom is 0.239 e. The van der Waals surface area contributed by atoms with E-state index in [0.717, 1.165) is 10.9 Å². The third-order valence-corrected chi connectivity index (χ3v) is 3.53. The van der Waals surface area contributed by atoms with Gasteiger partial charge in [-0.1, -0.05) is 29.8 Å². The molecule has 0 fully saturated rings. The van der Waals surface area contributed by atoms with Crippen LogP contribution in [-0.4, -0.2) is 42.6 Å². The molecular formula is C12H19NO2P+. The molecule has 0 saturated carbocycles. The molecule has 0 radical (unpaired) electrons. The zero-order valence-corrected chi connectivity index (χ0v) is 11.2. The molecule has 0 saturated heterocycles. The van der Waals surface area contributed by atoms with Crippen molar-refractivity contribution < 1.29 is 14.2 Å². The Kier molecular flexibility index (Phi) is 4.20. The van der Waals surface area contributed by atoms with Crippen LogP contribution in [-0.2, 0) is 4.79 Å². The van der Waals surface area contributed by atoms with Gasteiger partial charge >= 0.3 is 0 Å². The summed E-state index contributed by atoms with van der Waals surface area (Å²) in [5.74, 6) is 0. The highest BCUT2D eigenvalue weighted by molar-refractivity contribution is 7.76. The lowest BCUT2D eigenvalue weighted by Crippen LogP contribution is -2.39. The van der Waals surface area contributed by atoms with E-state index in [1.807, 2.05) is 52.3 Å². The first kappa shape index (κ1) is 13.3. The van der Waals surface area contributed by atoms with E-state index < -0.39 is 8.15 Å². The molecule has 1 N–H and O–H groups in total. The van der Waals surface area contributed by atoms with Gasteiger partial charge in [0.25, 0.3) is 0 Å². The molecule has 0 aliphatic rings. The van der Waals surface area contributed by atoms with Gasteiger partial charge in [-0.25, -0.2) is 0 Å². The van der Waals surface area contributed by atoms with Crippen LogP contribution in [0.25, 0.3) is 0 Å². The SMILES string of the molecule is Cc1ccc(P(O)C(=O)C[N+](C)(C)C)cc1.